The third-order valence-corrected chi connectivity index (χ3v) is 3.96. The van der Waals surface area contributed by atoms with Crippen LogP contribution in [0.3, 0.4) is 0 Å². The van der Waals surface area contributed by atoms with Crippen LogP contribution in [-0.2, 0) is 14.1 Å². The lowest BCUT2D eigenvalue weighted by molar-refractivity contribution is 0.0998. The van der Waals surface area contributed by atoms with E-state index in [4.69, 9.17) is 5.73 Å². The number of anilines is 1. The van der Waals surface area contributed by atoms with Gasteiger partial charge in [-0.05, 0) is 42.5 Å². The van der Waals surface area contributed by atoms with Crippen molar-refractivity contribution in [2.45, 2.75) is 0 Å². The largest absolute Gasteiger partial charge is 0.366 e. The van der Waals surface area contributed by atoms with Crippen molar-refractivity contribution in [1.82, 2.24) is 9.13 Å². The number of hydrogen-bond donors (Lipinski definition) is 2. The summed E-state index contributed by atoms with van der Waals surface area (Å²) in [6, 6.07) is 11.4. The molecular formula is C17H16N4O3. The number of rotatable bonds is 3. The molecule has 3 rings (SSSR count). The molecule has 2 aromatic carbocycles. The fourth-order valence-corrected chi connectivity index (χ4v) is 2.57. The molecule has 122 valence electrons. The van der Waals surface area contributed by atoms with Crippen LogP contribution in [0.5, 0.6) is 0 Å². The van der Waals surface area contributed by atoms with E-state index in [0.29, 0.717) is 22.3 Å². The van der Waals surface area contributed by atoms with Gasteiger partial charge in [-0.2, -0.15) is 0 Å². The Hall–Kier alpha value is -3.35. The van der Waals surface area contributed by atoms with E-state index in [2.05, 4.69) is 5.32 Å². The molecule has 0 aliphatic rings. The minimum atomic E-state index is -0.525. The lowest BCUT2D eigenvalue weighted by Gasteiger charge is -2.06. The summed E-state index contributed by atoms with van der Waals surface area (Å²) in [6.07, 6.45) is 0. The second-order valence-electron chi connectivity index (χ2n) is 5.50. The van der Waals surface area contributed by atoms with Crippen LogP contribution in [-0.4, -0.2) is 20.9 Å². The number of carbonyl (C=O) groups is 2. The van der Waals surface area contributed by atoms with Crippen molar-refractivity contribution >= 4 is 28.5 Å². The summed E-state index contributed by atoms with van der Waals surface area (Å²) in [5.41, 5.74) is 7.82. The molecule has 0 bridgehead atoms. The molecular weight excluding hydrogens is 308 g/mol. The maximum absolute atomic E-state index is 12.4. The van der Waals surface area contributed by atoms with E-state index >= 15 is 0 Å². The van der Waals surface area contributed by atoms with E-state index in [1.165, 1.54) is 9.13 Å². The molecule has 24 heavy (non-hydrogen) atoms. The van der Waals surface area contributed by atoms with Crippen molar-refractivity contribution < 1.29 is 9.59 Å². The van der Waals surface area contributed by atoms with Crippen molar-refractivity contribution in [1.29, 1.82) is 0 Å². The molecule has 2 amide bonds. The number of benzene rings is 2. The lowest BCUT2D eigenvalue weighted by atomic mass is 10.1. The highest BCUT2D eigenvalue weighted by Crippen LogP contribution is 2.16. The van der Waals surface area contributed by atoms with E-state index < -0.39 is 5.91 Å². The Bertz CT molecular complexity index is 1010. The van der Waals surface area contributed by atoms with Gasteiger partial charge in [-0.15, -0.1) is 0 Å². The van der Waals surface area contributed by atoms with Gasteiger partial charge in [-0.25, -0.2) is 4.79 Å². The van der Waals surface area contributed by atoms with Crippen LogP contribution in [0.2, 0.25) is 0 Å². The number of imidazole rings is 1. The molecule has 3 N–H and O–H groups in total. The summed E-state index contributed by atoms with van der Waals surface area (Å²) in [5, 5.41) is 2.74. The molecule has 0 radical (unpaired) electrons. The first-order chi connectivity index (χ1) is 11.4. The Morgan fingerprint density at radius 2 is 1.50 bits per heavy atom. The van der Waals surface area contributed by atoms with Crippen LogP contribution in [0.1, 0.15) is 20.7 Å². The molecule has 0 aliphatic heterocycles. The Morgan fingerprint density at radius 1 is 0.917 bits per heavy atom. The monoisotopic (exact) mass is 324 g/mol. The fraction of sp³-hybridized carbons (Fsp3) is 0.118. The third-order valence-electron chi connectivity index (χ3n) is 3.96. The Morgan fingerprint density at radius 3 is 2.12 bits per heavy atom. The van der Waals surface area contributed by atoms with Crippen molar-refractivity contribution in [3.05, 3.63) is 64.1 Å². The predicted octanol–water partition coefficient (Wildman–Crippen LogP) is 1.23. The molecule has 1 aromatic heterocycles. The molecule has 0 atom stereocenters. The van der Waals surface area contributed by atoms with Gasteiger partial charge in [0.05, 0.1) is 11.0 Å². The number of nitrogens with one attached hydrogen (secondary N) is 1. The van der Waals surface area contributed by atoms with E-state index in [1.54, 1.807) is 56.6 Å². The third kappa shape index (κ3) is 2.56. The van der Waals surface area contributed by atoms with Gasteiger partial charge in [0.15, 0.2) is 0 Å². The van der Waals surface area contributed by atoms with Gasteiger partial charge in [0.25, 0.3) is 5.91 Å². The molecule has 7 nitrogen and oxygen atoms in total. The van der Waals surface area contributed by atoms with E-state index in [1.807, 2.05) is 0 Å². The first kappa shape index (κ1) is 15.5. The normalized spacial score (nSPS) is 10.8. The van der Waals surface area contributed by atoms with Crippen molar-refractivity contribution in [2.75, 3.05) is 5.32 Å². The van der Waals surface area contributed by atoms with Crippen LogP contribution in [0.4, 0.5) is 5.69 Å². The van der Waals surface area contributed by atoms with Crippen molar-refractivity contribution in [2.24, 2.45) is 19.8 Å². The minimum Gasteiger partial charge on any atom is -0.366 e. The van der Waals surface area contributed by atoms with Crippen molar-refractivity contribution in [3.63, 3.8) is 0 Å². The Kier molecular flexibility index (Phi) is 3.69. The quantitative estimate of drug-likeness (QED) is 0.758. The van der Waals surface area contributed by atoms with Gasteiger partial charge in [-0.1, -0.05) is 0 Å². The number of amides is 2. The molecule has 3 aromatic rings. The number of hydrogen-bond acceptors (Lipinski definition) is 3. The van der Waals surface area contributed by atoms with Gasteiger partial charge in [0.1, 0.15) is 0 Å². The molecule has 1 heterocycles. The Labute approximate surface area is 137 Å². The zero-order chi connectivity index (χ0) is 17.4. The standard InChI is InChI=1S/C17H16N4O3/c1-20-13-8-5-11(9-14(13)21(2)17(20)24)16(23)19-12-6-3-10(4-7-12)15(18)22/h3-9H,1-2H3,(H2,18,22)(H,19,23). The second-order valence-corrected chi connectivity index (χ2v) is 5.50. The van der Waals surface area contributed by atoms with Crippen molar-refractivity contribution in [3.8, 4) is 0 Å². The van der Waals surface area contributed by atoms with Gasteiger partial charge in [0.2, 0.25) is 5.91 Å². The first-order valence-electron chi connectivity index (χ1n) is 7.25. The number of fused-ring (bicyclic) bond motifs is 1. The summed E-state index contributed by atoms with van der Waals surface area (Å²) < 4.78 is 3.02. The van der Waals surface area contributed by atoms with Crippen LogP contribution in [0.25, 0.3) is 11.0 Å². The van der Waals surface area contributed by atoms with Gasteiger partial charge < -0.3 is 11.1 Å². The predicted molar refractivity (Wildman–Crippen MR) is 91.1 cm³/mol. The lowest BCUT2D eigenvalue weighted by Crippen LogP contribution is -2.19. The maximum Gasteiger partial charge on any atom is 0.328 e. The highest BCUT2D eigenvalue weighted by Gasteiger charge is 2.12. The number of nitrogens with two attached hydrogens (primary N) is 1. The number of aryl methyl sites for hydroxylation is 2. The number of primary amides is 1. The zero-order valence-electron chi connectivity index (χ0n) is 13.2. The zero-order valence-corrected chi connectivity index (χ0v) is 13.2. The summed E-state index contributed by atoms with van der Waals surface area (Å²) in [6.45, 7) is 0. The van der Waals surface area contributed by atoms with Gasteiger partial charge in [0, 0.05) is 30.9 Å². The Balaban J connectivity index is 1.90. The first-order valence-corrected chi connectivity index (χ1v) is 7.25. The number of carbonyl (C=O) groups excluding carboxylic acids is 2. The summed E-state index contributed by atoms with van der Waals surface area (Å²) in [5.74, 6) is -0.830. The maximum atomic E-state index is 12.4. The summed E-state index contributed by atoms with van der Waals surface area (Å²) >= 11 is 0. The molecule has 0 saturated heterocycles. The van der Waals surface area contributed by atoms with Crippen LogP contribution < -0.4 is 16.7 Å². The van der Waals surface area contributed by atoms with Gasteiger partial charge in [-0.3, -0.25) is 18.7 Å². The molecule has 7 heteroatoms. The highest BCUT2D eigenvalue weighted by atomic mass is 16.2. The van der Waals surface area contributed by atoms with E-state index in [-0.39, 0.29) is 11.6 Å². The average Bonchev–Trinajstić information content (AvgIpc) is 2.79. The molecule has 0 saturated carbocycles. The summed E-state index contributed by atoms with van der Waals surface area (Å²) in [7, 11) is 3.35. The van der Waals surface area contributed by atoms with Crippen LogP contribution >= 0.6 is 0 Å². The smallest absolute Gasteiger partial charge is 0.328 e. The molecule has 0 spiro atoms. The van der Waals surface area contributed by atoms with E-state index in [0.717, 1.165) is 5.52 Å². The second kappa shape index (κ2) is 5.69. The van der Waals surface area contributed by atoms with Crippen LogP contribution in [0, 0.1) is 0 Å². The highest BCUT2D eigenvalue weighted by molar-refractivity contribution is 6.06. The molecule has 0 unspecified atom stereocenters. The minimum absolute atomic E-state index is 0.149. The number of aromatic nitrogens is 2. The van der Waals surface area contributed by atoms with Gasteiger partial charge >= 0.3 is 5.69 Å². The SMILES string of the molecule is Cn1c(=O)n(C)c2cc(C(=O)Nc3ccc(C(N)=O)cc3)ccc21. The summed E-state index contributed by atoms with van der Waals surface area (Å²) in [4.78, 5) is 35.4. The topological polar surface area (TPSA) is 99.1 Å². The fourth-order valence-electron chi connectivity index (χ4n) is 2.57. The molecule has 0 aliphatic carbocycles. The average molecular weight is 324 g/mol. The van der Waals surface area contributed by atoms with E-state index in [9.17, 15) is 14.4 Å². The number of nitrogens with zero attached hydrogens (tertiary/aromatic N) is 2. The molecule has 0 fully saturated rings. The van der Waals surface area contributed by atoms with Crippen LogP contribution in [0.15, 0.2) is 47.3 Å².